The molecular weight excluding hydrogens is 1640 g/mol. The van der Waals surface area contributed by atoms with Gasteiger partial charge in [-0.15, -0.1) is 11.0 Å². The number of H-pyrrole nitrogens is 1. The summed E-state index contributed by atoms with van der Waals surface area (Å²) < 4.78 is 0. The molecule has 18 nitrogen and oxygen atoms in total. The number of carbonyl (C=O) groups is 3. The van der Waals surface area contributed by atoms with E-state index in [1.54, 1.807) is 0 Å². The second-order valence-electron chi connectivity index (χ2n) is 33.9. The number of aromatic hydroxyl groups is 4. The number of aliphatic carboxylic acids is 3. The van der Waals surface area contributed by atoms with Gasteiger partial charge >= 0.3 is 0 Å². The van der Waals surface area contributed by atoms with E-state index in [0.717, 1.165) is 126 Å². The number of nitrogens with zero attached hydrogens (tertiary/aromatic N) is 7. The number of nitrogens with one attached hydrogen (secondary N) is 1. The monoisotopic (exact) mass is 1730 g/mol. The number of hydrogen-bond donors (Lipinski definition) is 8. The molecule has 2 aliphatic rings. The number of benzene rings is 8. The molecule has 0 spiro atoms. The molecule has 2 aliphatic heterocycles. The van der Waals surface area contributed by atoms with Gasteiger partial charge in [0.2, 0.25) is 0 Å². The van der Waals surface area contributed by atoms with Gasteiger partial charge in [-0.25, -0.2) is 29.9 Å². The number of aromatic nitrogens is 8. The number of hydrogen-bond acceptors (Lipinski definition) is 13. The summed E-state index contributed by atoms with van der Waals surface area (Å²) in [6.07, 6.45) is 7.94. The molecule has 0 saturated heterocycles. The van der Waals surface area contributed by atoms with Crippen molar-refractivity contribution in [3.8, 4) is 45.3 Å². The van der Waals surface area contributed by atoms with E-state index in [0.29, 0.717) is 93.1 Å². The Labute approximate surface area is 731 Å². The van der Waals surface area contributed by atoms with Crippen LogP contribution in [0.3, 0.4) is 0 Å². The smallest absolute Gasteiger partial charge is 0.300 e. The predicted octanol–water partition coefficient (Wildman–Crippen LogP) is 23.8. The van der Waals surface area contributed by atoms with Gasteiger partial charge in [-0.2, -0.15) is 0 Å². The summed E-state index contributed by atoms with van der Waals surface area (Å²) in [5.41, 5.74) is 18.4. The molecule has 16 aromatic rings. The van der Waals surface area contributed by atoms with Crippen molar-refractivity contribution in [3.05, 3.63) is 251 Å². The van der Waals surface area contributed by atoms with Gasteiger partial charge in [0.15, 0.2) is 0 Å². The maximum absolute atomic E-state index is 12.1. The number of phenolic OH excluding ortho intramolecular Hbond substituents is 4. The van der Waals surface area contributed by atoms with E-state index in [2.05, 4.69) is 143 Å². The van der Waals surface area contributed by atoms with E-state index in [1.807, 2.05) is 176 Å². The van der Waals surface area contributed by atoms with Crippen LogP contribution in [0.1, 0.15) is 149 Å². The zero-order valence-corrected chi connectivity index (χ0v) is 73.1. The van der Waals surface area contributed by atoms with Crippen LogP contribution in [-0.2, 0) is 87.2 Å². The maximum atomic E-state index is 12.1. The summed E-state index contributed by atoms with van der Waals surface area (Å²) >= 11 is 0. The summed E-state index contributed by atoms with van der Waals surface area (Å²) in [5.74, 6) is -1.99. The fourth-order valence-electron chi connectivity index (χ4n) is 14.7. The van der Waals surface area contributed by atoms with Gasteiger partial charge in [-0.1, -0.05) is 204 Å². The van der Waals surface area contributed by atoms with Crippen molar-refractivity contribution >= 4 is 173 Å². The van der Waals surface area contributed by atoms with Crippen LogP contribution in [0.25, 0.3) is 177 Å². The number of pyridine rings is 4. The molecule has 0 fully saturated rings. The number of aromatic amines is 1. The van der Waals surface area contributed by atoms with Crippen LogP contribution in [0.5, 0.6) is 23.0 Å². The molecule has 18 rings (SSSR count). The van der Waals surface area contributed by atoms with Crippen molar-refractivity contribution in [1.29, 1.82) is 0 Å². The van der Waals surface area contributed by atoms with E-state index >= 15 is 0 Å². The molecule has 10 heterocycles. The Morgan fingerprint density at radius 1 is 0.298 bits per heavy atom. The predicted molar refractivity (Wildman–Crippen MR) is 480 cm³/mol. The van der Waals surface area contributed by atoms with Crippen LogP contribution >= 0.6 is 0 Å². The van der Waals surface area contributed by atoms with E-state index < -0.39 is 17.9 Å². The Kier molecular flexibility index (Phi) is 25.8. The fraction of sp³-hybridized carbons (Fsp3) is 0.190. The van der Waals surface area contributed by atoms with Crippen LogP contribution in [-0.4, -0.2) is 88.5 Å². The zero-order valence-electron chi connectivity index (χ0n) is 69.6. The zero-order chi connectivity index (χ0) is 84.4. The standard InChI is InChI=1S/C47H40N4O2.C47H39N4O2.3C2H4O2.3Mn/c2*1-46(2,3)29-22-31-35-18-20-39(48-35)41(26-10-8-7-9-11-26)40-21-19-36(49-40)32-23-30(47(4,5)6)25-34(45(32)53)38-17-15-28-13-12-27-14-16-37(33(24-29)44(31)52)50-42(27)43(28)51-38;3*1-2(3)4;;;/h7-25,48,52-53H,1-6H3;7-25H,1-6H3,(H2-,48,49,50,51,52,53);3*1H3,(H,3,4);;;/q;-1;;;;;;. The van der Waals surface area contributed by atoms with E-state index in [1.165, 1.54) is 0 Å². The van der Waals surface area contributed by atoms with Crippen molar-refractivity contribution in [2.45, 2.75) is 126 Å². The third-order valence-electron chi connectivity index (χ3n) is 20.9. The minimum atomic E-state index is -0.833. The molecule has 8 aromatic heterocycles. The first-order valence-corrected chi connectivity index (χ1v) is 38.9. The van der Waals surface area contributed by atoms with Gasteiger partial charge in [0.05, 0.1) is 66.9 Å². The first-order valence-electron chi connectivity index (χ1n) is 38.9. The van der Waals surface area contributed by atoms with E-state index in [9.17, 15) is 20.4 Å². The molecule has 0 saturated carbocycles. The minimum absolute atomic E-state index is 0. The normalized spacial score (nSPS) is 11.8. The van der Waals surface area contributed by atoms with Crippen LogP contribution in [0.15, 0.2) is 206 Å². The van der Waals surface area contributed by atoms with Gasteiger partial charge < -0.3 is 45.7 Å². The molecule has 0 atom stereocenters. The average molecular weight is 1730 g/mol. The molecule has 0 aliphatic carbocycles. The Morgan fingerprint density at radius 2 is 0.562 bits per heavy atom. The summed E-state index contributed by atoms with van der Waals surface area (Å²) in [6.45, 7) is 29.3. The first-order chi connectivity index (χ1) is 55.9. The molecule has 613 valence electrons. The molecule has 21 heteroatoms. The SMILES string of the molecule is CC(=O)O.CC(=O)O.CC(=O)O.CC(C)(C)c1cc2c3nc(c(-c4ccccc4)c4ccc([n-]4)c4cc(C(C)(C)C)cc(c4O)c4ccc5ccc6ccc(nc6c5n4)c(c1)c2O)C=C3.CC(C)(C)c1cc2c3nc(c(-c4ccccc4)c4ccc([nH]4)c4cc(C(C)(C)C)cc(c4O)c4ccc5ccc6ccc(nc6c5n4)c(c1)c2O)C=C3.[Mn].[Mn].[Mn]. The van der Waals surface area contributed by atoms with Crippen LogP contribution in [0.4, 0.5) is 0 Å². The molecule has 8 aromatic carbocycles. The average Bonchev–Trinajstić information content (AvgIpc) is 1.28. The molecule has 24 bridgehead atoms. The minimum Gasteiger partial charge on any atom is -0.657 e. The van der Waals surface area contributed by atoms with Gasteiger partial charge in [-0.3, -0.25) is 14.4 Å². The molecule has 121 heavy (non-hydrogen) atoms. The maximum Gasteiger partial charge on any atom is 0.300 e. The van der Waals surface area contributed by atoms with Crippen molar-refractivity contribution in [2.24, 2.45) is 0 Å². The number of carboxylic acid groups (broad SMARTS) is 3. The third kappa shape index (κ3) is 18.6. The number of fused-ring (bicyclic) bond motifs is 28. The van der Waals surface area contributed by atoms with Gasteiger partial charge in [-0.05, 0) is 170 Å². The summed E-state index contributed by atoms with van der Waals surface area (Å²) in [6, 6.07) is 68.9. The Bertz CT molecular complexity index is 6730. The van der Waals surface area contributed by atoms with Crippen LogP contribution in [0, 0.1) is 0 Å². The van der Waals surface area contributed by atoms with Crippen molar-refractivity contribution in [3.63, 3.8) is 0 Å². The molecule has 0 amide bonds. The van der Waals surface area contributed by atoms with Crippen molar-refractivity contribution in [2.75, 3.05) is 0 Å². The summed E-state index contributed by atoms with van der Waals surface area (Å²) in [7, 11) is 0. The van der Waals surface area contributed by atoms with Crippen LogP contribution in [0.2, 0.25) is 0 Å². The van der Waals surface area contributed by atoms with Crippen molar-refractivity contribution < 1.29 is 101 Å². The summed E-state index contributed by atoms with van der Waals surface area (Å²) in [4.78, 5) is 67.1. The molecule has 8 N–H and O–H groups in total. The van der Waals surface area contributed by atoms with E-state index in [4.69, 9.17) is 64.6 Å². The van der Waals surface area contributed by atoms with Gasteiger partial charge in [0.1, 0.15) is 23.0 Å². The van der Waals surface area contributed by atoms with Crippen LogP contribution < -0.4 is 4.98 Å². The van der Waals surface area contributed by atoms with Gasteiger partial charge in [0, 0.05) is 153 Å². The first kappa shape index (κ1) is 89.2. The number of rotatable bonds is 2. The molecular formula is C100H91Mn3N8O10-. The van der Waals surface area contributed by atoms with E-state index in [-0.39, 0.29) is 95.9 Å². The quantitative estimate of drug-likeness (QED) is 0.0589. The second kappa shape index (κ2) is 35.0. The molecule has 0 unspecified atom stereocenters. The topological polar surface area (TPSA) is 300 Å². The Hall–Kier alpha value is -12.6. The Balaban J connectivity index is 0.000000204. The second-order valence-corrected chi connectivity index (χ2v) is 33.9. The van der Waals surface area contributed by atoms with Crippen molar-refractivity contribution in [1.82, 2.24) is 39.9 Å². The number of phenols is 4. The Morgan fingerprint density at radius 3 is 0.909 bits per heavy atom. The fourth-order valence-corrected chi connectivity index (χ4v) is 14.7. The molecule has 3 radical (unpaired) electrons. The summed E-state index contributed by atoms with van der Waals surface area (Å²) in [5, 5.41) is 79.6. The largest absolute Gasteiger partial charge is 0.657 e. The van der Waals surface area contributed by atoms with Gasteiger partial charge in [0.25, 0.3) is 17.9 Å². The third-order valence-corrected chi connectivity index (χ3v) is 20.9. The number of carboxylic acids is 3.